The summed E-state index contributed by atoms with van der Waals surface area (Å²) in [5, 5.41) is 1.06. The molecular weight excluding hydrogens is 368 g/mol. The lowest BCUT2D eigenvalue weighted by Gasteiger charge is -2.18. The summed E-state index contributed by atoms with van der Waals surface area (Å²) in [5.41, 5.74) is 4.57. The molecular formula is C23H24N2O4. The molecule has 2 heterocycles. The number of pyridine rings is 1. The Bertz CT molecular complexity index is 1090. The lowest BCUT2D eigenvalue weighted by atomic mass is 10.0. The minimum absolute atomic E-state index is 0.0234. The smallest absolute Gasteiger partial charge is 0.219 e. The van der Waals surface area contributed by atoms with Gasteiger partial charge < -0.3 is 19.1 Å². The number of aryl methyl sites for hydroxylation is 1. The largest absolute Gasteiger partial charge is 0.494 e. The van der Waals surface area contributed by atoms with Crippen LogP contribution in [0.25, 0.3) is 22.2 Å². The zero-order chi connectivity index (χ0) is 20.5. The maximum absolute atomic E-state index is 11.9. The molecule has 0 N–H and O–H groups in total. The number of para-hydroxylation sites is 1. The lowest BCUT2D eigenvalue weighted by Crippen LogP contribution is -2.30. The summed E-state index contributed by atoms with van der Waals surface area (Å²) in [4.78, 5) is 18.6. The average molecular weight is 392 g/mol. The first-order valence-corrected chi connectivity index (χ1v) is 9.55. The number of fused-ring (bicyclic) bond motifs is 2. The number of carbonyl (C=O) groups excluding carboxylic acids is 1. The minimum Gasteiger partial charge on any atom is -0.494 e. The van der Waals surface area contributed by atoms with E-state index in [9.17, 15) is 4.79 Å². The van der Waals surface area contributed by atoms with Crippen molar-refractivity contribution in [2.24, 2.45) is 0 Å². The third kappa shape index (κ3) is 3.46. The fraction of sp³-hybridized carbons (Fsp3) is 0.304. The molecule has 4 rings (SSSR count). The van der Waals surface area contributed by atoms with E-state index >= 15 is 0 Å². The van der Waals surface area contributed by atoms with Crippen molar-refractivity contribution in [3.63, 3.8) is 0 Å². The molecule has 3 aromatic rings. The molecule has 1 aliphatic heterocycles. The maximum atomic E-state index is 11.9. The fourth-order valence-electron chi connectivity index (χ4n) is 3.76. The van der Waals surface area contributed by atoms with Crippen molar-refractivity contribution in [2.75, 3.05) is 27.4 Å². The second-order valence-corrected chi connectivity index (χ2v) is 7.14. The van der Waals surface area contributed by atoms with E-state index < -0.39 is 0 Å². The predicted octanol–water partition coefficient (Wildman–Crippen LogP) is 3.97. The number of ether oxygens (including phenoxy) is 3. The molecule has 1 amide bonds. The van der Waals surface area contributed by atoms with Crippen molar-refractivity contribution in [3.05, 3.63) is 47.5 Å². The van der Waals surface area contributed by atoms with E-state index in [1.807, 2.05) is 30.3 Å². The SMILES string of the molecule is COc1cc(-c2cc(C)c3cccc(OC)c3n2)cc2c1OCCN(C(C)=O)C2. The van der Waals surface area contributed by atoms with Crippen molar-refractivity contribution in [1.29, 1.82) is 0 Å². The van der Waals surface area contributed by atoms with Crippen molar-refractivity contribution in [3.8, 4) is 28.5 Å². The summed E-state index contributed by atoms with van der Waals surface area (Å²) in [7, 11) is 3.27. The van der Waals surface area contributed by atoms with Crippen LogP contribution in [0.2, 0.25) is 0 Å². The Labute approximate surface area is 170 Å². The van der Waals surface area contributed by atoms with E-state index in [0.29, 0.717) is 31.2 Å². The van der Waals surface area contributed by atoms with Gasteiger partial charge in [0.05, 0.1) is 26.5 Å². The van der Waals surface area contributed by atoms with E-state index in [2.05, 4.69) is 13.0 Å². The monoisotopic (exact) mass is 392 g/mol. The van der Waals surface area contributed by atoms with Gasteiger partial charge in [0.2, 0.25) is 5.91 Å². The summed E-state index contributed by atoms with van der Waals surface area (Å²) < 4.78 is 17.0. The molecule has 1 aliphatic rings. The van der Waals surface area contributed by atoms with Gasteiger partial charge in [0.15, 0.2) is 11.5 Å². The van der Waals surface area contributed by atoms with E-state index in [4.69, 9.17) is 19.2 Å². The standard InChI is InChI=1S/C23H24N2O4/c1-14-10-19(24-22-18(14)6-5-7-20(22)27-3)16-11-17-13-25(15(2)26)8-9-29-23(17)21(12-16)28-4/h5-7,10-12H,8-9,13H2,1-4H3. The normalized spacial score (nSPS) is 13.4. The second-order valence-electron chi connectivity index (χ2n) is 7.14. The number of rotatable bonds is 3. The molecule has 150 valence electrons. The van der Waals surface area contributed by atoms with Crippen LogP contribution in [0.15, 0.2) is 36.4 Å². The van der Waals surface area contributed by atoms with E-state index in [0.717, 1.165) is 39.0 Å². The molecule has 6 nitrogen and oxygen atoms in total. The molecule has 29 heavy (non-hydrogen) atoms. The van der Waals surface area contributed by atoms with E-state index in [-0.39, 0.29) is 5.91 Å². The van der Waals surface area contributed by atoms with Gasteiger partial charge in [-0.05, 0) is 36.8 Å². The first-order valence-electron chi connectivity index (χ1n) is 9.55. The fourth-order valence-corrected chi connectivity index (χ4v) is 3.76. The lowest BCUT2D eigenvalue weighted by molar-refractivity contribution is -0.129. The van der Waals surface area contributed by atoms with Crippen LogP contribution in [0.4, 0.5) is 0 Å². The zero-order valence-corrected chi connectivity index (χ0v) is 17.1. The molecule has 1 aromatic heterocycles. The zero-order valence-electron chi connectivity index (χ0n) is 17.1. The van der Waals surface area contributed by atoms with Crippen LogP contribution in [-0.4, -0.2) is 43.2 Å². The van der Waals surface area contributed by atoms with Gasteiger partial charge in [-0.25, -0.2) is 4.98 Å². The Morgan fingerprint density at radius 3 is 2.66 bits per heavy atom. The second kappa shape index (κ2) is 7.62. The third-order valence-corrected chi connectivity index (χ3v) is 5.29. The molecule has 0 saturated carbocycles. The predicted molar refractivity (Wildman–Crippen MR) is 112 cm³/mol. The molecule has 0 unspecified atom stereocenters. The van der Waals surface area contributed by atoms with Crippen molar-refractivity contribution in [1.82, 2.24) is 9.88 Å². The molecule has 6 heteroatoms. The first kappa shape index (κ1) is 19.1. The van der Waals surface area contributed by atoms with Gasteiger partial charge in [-0.3, -0.25) is 4.79 Å². The number of aromatic nitrogens is 1. The van der Waals surface area contributed by atoms with Crippen LogP contribution >= 0.6 is 0 Å². The van der Waals surface area contributed by atoms with Crippen molar-refractivity contribution < 1.29 is 19.0 Å². The summed E-state index contributed by atoms with van der Waals surface area (Å²) in [6.45, 7) is 5.10. The molecule has 0 radical (unpaired) electrons. The van der Waals surface area contributed by atoms with Gasteiger partial charge in [-0.2, -0.15) is 0 Å². The highest BCUT2D eigenvalue weighted by atomic mass is 16.5. The summed E-state index contributed by atoms with van der Waals surface area (Å²) in [6, 6.07) is 11.9. The van der Waals surface area contributed by atoms with Gasteiger partial charge in [-0.15, -0.1) is 0 Å². The molecule has 0 bridgehead atoms. The Kier molecular flexibility index (Phi) is 5.01. The van der Waals surface area contributed by atoms with Crippen molar-refractivity contribution in [2.45, 2.75) is 20.4 Å². The maximum Gasteiger partial charge on any atom is 0.219 e. The molecule has 0 atom stereocenters. The van der Waals surface area contributed by atoms with Gasteiger partial charge in [0, 0.05) is 30.0 Å². The van der Waals surface area contributed by atoms with E-state index in [1.54, 1.807) is 26.0 Å². The van der Waals surface area contributed by atoms with Crippen LogP contribution in [0, 0.1) is 6.92 Å². The molecule has 0 spiro atoms. The Balaban J connectivity index is 1.89. The van der Waals surface area contributed by atoms with Crippen LogP contribution in [0.1, 0.15) is 18.1 Å². The number of methoxy groups -OCH3 is 2. The van der Waals surface area contributed by atoms with Crippen molar-refractivity contribution >= 4 is 16.8 Å². The van der Waals surface area contributed by atoms with Crippen LogP contribution in [-0.2, 0) is 11.3 Å². The summed E-state index contributed by atoms with van der Waals surface area (Å²) in [6.07, 6.45) is 0. The van der Waals surface area contributed by atoms with Gasteiger partial charge in [-0.1, -0.05) is 12.1 Å². The number of benzene rings is 2. The van der Waals surface area contributed by atoms with Crippen LogP contribution in [0.5, 0.6) is 17.2 Å². The Morgan fingerprint density at radius 1 is 1.14 bits per heavy atom. The molecule has 0 aliphatic carbocycles. The molecule has 2 aromatic carbocycles. The molecule has 0 saturated heterocycles. The topological polar surface area (TPSA) is 60.9 Å². The minimum atomic E-state index is 0.0234. The first-order chi connectivity index (χ1) is 14.0. The van der Waals surface area contributed by atoms with E-state index in [1.165, 1.54) is 0 Å². The highest BCUT2D eigenvalue weighted by molar-refractivity contribution is 5.89. The quantitative estimate of drug-likeness (QED) is 0.675. The average Bonchev–Trinajstić information content (AvgIpc) is 2.95. The number of hydrogen-bond acceptors (Lipinski definition) is 5. The Hall–Kier alpha value is -3.28. The van der Waals surface area contributed by atoms with Crippen LogP contribution in [0.3, 0.4) is 0 Å². The number of hydrogen-bond donors (Lipinski definition) is 0. The molecule has 0 fully saturated rings. The van der Waals surface area contributed by atoms with Crippen LogP contribution < -0.4 is 14.2 Å². The Morgan fingerprint density at radius 2 is 1.93 bits per heavy atom. The highest BCUT2D eigenvalue weighted by Crippen LogP contribution is 2.39. The summed E-state index contributed by atoms with van der Waals surface area (Å²) >= 11 is 0. The number of carbonyl (C=O) groups is 1. The third-order valence-electron chi connectivity index (χ3n) is 5.29. The summed E-state index contributed by atoms with van der Waals surface area (Å²) in [5.74, 6) is 2.09. The highest BCUT2D eigenvalue weighted by Gasteiger charge is 2.22. The number of amides is 1. The van der Waals surface area contributed by atoms with Gasteiger partial charge in [0.1, 0.15) is 17.9 Å². The van der Waals surface area contributed by atoms with Gasteiger partial charge >= 0.3 is 0 Å². The van der Waals surface area contributed by atoms with Gasteiger partial charge in [0.25, 0.3) is 0 Å². The number of nitrogens with zero attached hydrogens (tertiary/aromatic N) is 2.